The van der Waals surface area contributed by atoms with Crippen molar-refractivity contribution >= 4 is 27.2 Å². The Morgan fingerprint density at radius 2 is 2.15 bits per heavy atom. The zero-order chi connectivity index (χ0) is 14.6. The van der Waals surface area contributed by atoms with Crippen molar-refractivity contribution in [3.05, 3.63) is 41.4 Å². The first-order valence-electron chi connectivity index (χ1n) is 6.22. The normalized spacial score (nSPS) is 11.8. The largest absolute Gasteiger partial charge is 0.310 e. The average Bonchev–Trinajstić information content (AvgIpc) is 2.86. The van der Waals surface area contributed by atoms with Gasteiger partial charge in [-0.2, -0.15) is 0 Å². The molecule has 2 aromatic rings. The fourth-order valence-electron chi connectivity index (χ4n) is 1.52. The van der Waals surface area contributed by atoms with E-state index in [4.69, 9.17) is 0 Å². The maximum absolute atomic E-state index is 12.2. The van der Waals surface area contributed by atoms with E-state index in [1.165, 1.54) is 11.3 Å². The Hall–Kier alpha value is -1.44. The van der Waals surface area contributed by atoms with Crippen molar-refractivity contribution in [1.29, 1.82) is 0 Å². The van der Waals surface area contributed by atoms with E-state index in [0.29, 0.717) is 22.6 Å². The summed E-state index contributed by atoms with van der Waals surface area (Å²) in [6.45, 7) is 4.76. The molecule has 0 aliphatic rings. The lowest BCUT2D eigenvalue weighted by Crippen LogP contribution is -2.21. The molecule has 0 radical (unpaired) electrons. The zero-order valence-corrected chi connectivity index (χ0v) is 13.0. The van der Waals surface area contributed by atoms with Crippen LogP contribution in [0.1, 0.15) is 19.4 Å². The van der Waals surface area contributed by atoms with Crippen LogP contribution in [0.2, 0.25) is 0 Å². The van der Waals surface area contributed by atoms with Crippen LogP contribution in [0, 0.1) is 0 Å². The lowest BCUT2D eigenvalue weighted by Gasteiger charge is -2.06. The molecule has 0 aliphatic heterocycles. The number of anilines is 1. The second-order valence-corrected chi connectivity index (χ2v) is 7.45. The van der Waals surface area contributed by atoms with Crippen LogP contribution in [-0.4, -0.2) is 19.4 Å². The van der Waals surface area contributed by atoms with E-state index in [0.717, 1.165) is 5.56 Å². The smallest absolute Gasteiger partial charge is 0.272 e. The maximum atomic E-state index is 12.2. The molecule has 0 unspecified atom stereocenters. The first-order valence-corrected chi connectivity index (χ1v) is 8.58. The molecule has 0 aromatic carbocycles. The van der Waals surface area contributed by atoms with Gasteiger partial charge in [0.15, 0.2) is 0 Å². The van der Waals surface area contributed by atoms with Gasteiger partial charge in [0.1, 0.15) is 10.0 Å². The summed E-state index contributed by atoms with van der Waals surface area (Å²) in [4.78, 5) is 3.96. The summed E-state index contributed by atoms with van der Waals surface area (Å²) in [5, 5.41) is 5.10. The van der Waals surface area contributed by atoms with Gasteiger partial charge in [-0.25, -0.2) is 13.4 Å². The Morgan fingerprint density at radius 3 is 2.80 bits per heavy atom. The highest BCUT2D eigenvalue weighted by molar-refractivity contribution is 7.94. The Morgan fingerprint density at radius 1 is 1.35 bits per heavy atom. The Kier molecular flexibility index (Phi) is 4.74. The van der Waals surface area contributed by atoms with Crippen molar-refractivity contribution in [2.45, 2.75) is 30.6 Å². The molecule has 0 aliphatic carbocycles. The molecule has 5 nitrogen and oxygen atoms in total. The Bertz CT molecular complexity index is 651. The first-order chi connectivity index (χ1) is 9.47. The van der Waals surface area contributed by atoms with Crippen LogP contribution in [0.4, 0.5) is 5.82 Å². The quantitative estimate of drug-likeness (QED) is 0.859. The van der Waals surface area contributed by atoms with Gasteiger partial charge in [0.25, 0.3) is 10.0 Å². The topological polar surface area (TPSA) is 71.1 Å². The van der Waals surface area contributed by atoms with Crippen molar-refractivity contribution in [2.24, 2.45) is 0 Å². The molecule has 2 aromatic heterocycles. The molecule has 20 heavy (non-hydrogen) atoms. The number of hydrogen-bond donors (Lipinski definition) is 2. The zero-order valence-electron chi connectivity index (χ0n) is 11.3. The molecule has 108 valence electrons. The molecule has 2 rings (SSSR count). The molecule has 0 fully saturated rings. The van der Waals surface area contributed by atoms with Crippen LogP contribution < -0.4 is 10.0 Å². The number of nitrogens with zero attached hydrogens (tertiary/aromatic N) is 1. The van der Waals surface area contributed by atoms with Crippen LogP contribution >= 0.6 is 11.3 Å². The molecule has 0 saturated carbocycles. The predicted octanol–water partition coefficient (Wildman–Crippen LogP) is 2.44. The van der Waals surface area contributed by atoms with Gasteiger partial charge in [0, 0.05) is 18.8 Å². The van der Waals surface area contributed by atoms with Gasteiger partial charge in [0.05, 0.1) is 0 Å². The van der Waals surface area contributed by atoms with Crippen molar-refractivity contribution in [1.82, 2.24) is 10.3 Å². The molecular weight excluding hydrogens is 294 g/mol. The Labute approximate surface area is 123 Å². The summed E-state index contributed by atoms with van der Waals surface area (Å²) in [7, 11) is -3.55. The van der Waals surface area contributed by atoms with E-state index >= 15 is 0 Å². The SMILES string of the molecule is CC(C)NCc1csc(S(=O)(=O)Nc2ccccn2)c1. The van der Waals surface area contributed by atoms with Gasteiger partial charge in [-0.1, -0.05) is 19.9 Å². The molecule has 0 amide bonds. The molecular formula is C13H17N3O2S2. The molecule has 0 atom stereocenters. The van der Waals surface area contributed by atoms with Gasteiger partial charge in [-0.3, -0.25) is 4.72 Å². The fraction of sp³-hybridized carbons (Fsp3) is 0.308. The number of hydrogen-bond acceptors (Lipinski definition) is 5. The van der Waals surface area contributed by atoms with Crippen molar-refractivity contribution in [3.63, 3.8) is 0 Å². The minimum Gasteiger partial charge on any atom is -0.310 e. The molecule has 7 heteroatoms. The van der Waals surface area contributed by atoms with Crippen LogP contribution in [0.25, 0.3) is 0 Å². The van der Waals surface area contributed by atoms with Crippen molar-refractivity contribution in [3.8, 4) is 0 Å². The maximum Gasteiger partial charge on any atom is 0.272 e. The number of rotatable bonds is 6. The van der Waals surface area contributed by atoms with Crippen LogP contribution in [0.15, 0.2) is 40.1 Å². The third-order valence-electron chi connectivity index (χ3n) is 2.51. The molecule has 2 heterocycles. The lowest BCUT2D eigenvalue weighted by molar-refractivity contribution is 0.589. The van der Waals surface area contributed by atoms with Gasteiger partial charge < -0.3 is 5.32 Å². The number of sulfonamides is 1. The highest BCUT2D eigenvalue weighted by Gasteiger charge is 2.17. The van der Waals surface area contributed by atoms with Crippen molar-refractivity contribution < 1.29 is 8.42 Å². The standard InChI is InChI=1S/C13H17N3O2S2/c1-10(2)15-8-11-7-13(19-9-11)20(17,18)16-12-5-3-4-6-14-12/h3-7,9-10,15H,8H2,1-2H3,(H,14,16). The van der Waals surface area contributed by atoms with E-state index in [9.17, 15) is 8.42 Å². The van der Waals surface area contributed by atoms with Gasteiger partial charge in [-0.15, -0.1) is 11.3 Å². The molecule has 0 spiro atoms. The van der Waals surface area contributed by atoms with Gasteiger partial charge in [-0.05, 0) is 29.1 Å². The van der Waals surface area contributed by atoms with E-state index in [1.54, 1.807) is 30.5 Å². The Balaban J connectivity index is 2.10. The van der Waals surface area contributed by atoms with E-state index in [1.807, 2.05) is 19.2 Å². The first kappa shape index (κ1) is 15.0. The van der Waals surface area contributed by atoms with E-state index < -0.39 is 10.0 Å². The number of nitrogens with one attached hydrogen (secondary N) is 2. The lowest BCUT2D eigenvalue weighted by atomic mass is 10.3. The molecule has 2 N–H and O–H groups in total. The summed E-state index contributed by atoms with van der Waals surface area (Å²) < 4.78 is 27.1. The van der Waals surface area contributed by atoms with E-state index in [2.05, 4.69) is 15.0 Å². The average molecular weight is 311 g/mol. The number of thiophene rings is 1. The highest BCUT2D eigenvalue weighted by Crippen LogP contribution is 2.22. The predicted molar refractivity (Wildman–Crippen MR) is 81.3 cm³/mol. The molecule has 0 saturated heterocycles. The third kappa shape index (κ3) is 4.03. The minimum atomic E-state index is -3.55. The summed E-state index contributed by atoms with van der Waals surface area (Å²) in [5.41, 5.74) is 0.963. The minimum absolute atomic E-state index is 0.295. The summed E-state index contributed by atoms with van der Waals surface area (Å²) in [6, 6.07) is 7.13. The van der Waals surface area contributed by atoms with E-state index in [-0.39, 0.29) is 0 Å². The van der Waals surface area contributed by atoms with Crippen LogP contribution in [-0.2, 0) is 16.6 Å². The van der Waals surface area contributed by atoms with Crippen LogP contribution in [0.3, 0.4) is 0 Å². The van der Waals surface area contributed by atoms with Crippen molar-refractivity contribution in [2.75, 3.05) is 4.72 Å². The second kappa shape index (κ2) is 6.34. The number of aromatic nitrogens is 1. The summed E-state index contributed by atoms with van der Waals surface area (Å²) >= 11 is 1.21. The van der Waals surface area contributed by atoms with Gasteiger partial charge >= 0.3 is 0 Å². The number of pyridine rings is 1. The highest BCUT2D eigenvalue weighted by atomic mass is 32.2. The molecule has 0 bridgehead atoms. The monoisotopic (exact) mass is 311 g/mol. The van der Waals surface area contributed by atoms with Crippen LogP contribution in [0.5, 0.6) is 0 Å². The fourth-order valence-corrected chi connectivity index (χ4v) is 3.74. The summed E-state index contributed by atoms with van der Waals surface area (Å²) in [5.74, 6) is 0.322. The van der Waals surface area contributed by atoms with Gasteiger partial charge in [0.2, 0.25) is 0 Å². The third-order valence-corrected chi connectivity index (χ3v) is 5.36. The second-order valence-electron chi connectivity index (χ2n) is 4.63. The summed E-state index contributed by atoms with van der Waals surface area (Å²) in [6.07, 6.45) is 1.55.